The van der Waals surface area contributed by atoms with Crippen molar-refractivity contribution in [3.05, 3.63) is 59.6 Å². The molecule has 2 aromatic rings. The SMILES string of the molecule is O=C(CCC(=O)OCC(=O)Nc1ccc(Cl)cc1)Nc1ccccc1. The van der Waals surface area contributed by atoms with Gasteiger partial charge in [-0.3, -0.25) is 14.4 Å². The van der Waals surface area contributed by atoms with Gasteiger partial charge in [-0.2, -0.15) is 0 Å². The molecule has 2 N–H and O–H groups in total. The number of hydrogen-bond donors (Lipinski definition) is 2. The maximum Gasteiger partial charge on any atom is 0.306 e. The van der Waals surface area contributed by atoms with Crippen molar-refractivity contribution in [3.8, 4) is 0 Å². The predicted octanol–water partition coefficient (Wildman–Crippen LogP) is 3.24. The molecule has 25 heavy (non-hydrogen) atoms. The van der Waals surface area contributed by atoms with Gasteiger partial charge < -0.3 is 15.4 Å². The quantitative estimate of drug-likeness (QED) is 0.742. The lowest BCUT2D eigenvalue weighted by Gasteiger charge is -2.07. The molecule has 0 aliphatic heterocycles. The summed E-state index contributed by atoms with van der Waals surface area (Å²) in [6, 6.07) is 15.5. The molecule has 0 heterocycles. The van der Waals surface area contributed by atoms with Gasteiger partial charge >= 0.3 is 5.97 Å². The fourth-order valence-electron chi connectivity index (χ4n) is 1.91. The summed E-state index contributed by atoms with van der Waals surface area (Å²) in [5.41, 5.74) is 1.20. The van der Waals surface area contributed by atoms with E-state index >= 15 is 0 Å². The monoisotopic (exact) mass is 360 g/mol. The molecule has 0 atom stereocenters. The van der Waals surface area contributed by atoms with Crippen LogP contribution in [0.2, 0.25) is 5.02 Å². The molecule has 0 fully saturated rings. The Morgan fingerprint density at radius 2 is 1.40 bits per heavy atom. The van der Waals surface area contributed by atoms with E-state index in [9.17, 15) is 14.4 Å². The molecule has 2 aromatic carbocycles. The lowest BCUT2D eigenvalue weighted by Crippen LogP contribution is -2.21. The fourth-order valence-corrected chi connectivity index (χ4v) is 2.04. The minimum absolute atomic E-state index is 0.0213. The first-order valence-electron chi connectivity index (χ1n) is 7.59. The maximum atomic E-state index is 11.7. The van der Waals surface area contributed by atoms with Crippen molar-refractivity contribution in [3.63, 3.8) is 0 Å². The highest BCUT2D eigenvalue weighted by molar-refractivity contribution is 6.30. The fraction of sp³-hybridized carbons (Fsp3) is 0.167. The van der Waals surface area contributed by atoms with Crippen LogP contribution in [0.3, 0.4) is 0 Å². The minimum Gasteiger partial charge on any atom is -0.456 e. The van der Waals surface area contributed by atoms with Gasteiger partial charge in [0.1, 0.15) is 0 Å². The first-order valence-corrected chi connectivity index (χ1v) is 7.96. The number of halogens is 1. The number of hydrogen-bond acceptors (Lipinski definition) is 4. The van der Waals surface area contributed by atoms with Crippen LogP contribution in [0, 0.1) is 0 Å². The standard InChI is InChI=1S/C18H17ClN2O4/c19-13-6-8-15(9-7-13)21-17(23)12-25-18(24)11-10-16(22)20-14-4-2-1-3-5-14/h1-9H,10-12H2,(H,20,22)(H,21,23). The van der Waals surface area contributed by atoms with Crippen molar-refractivity contribution >= 4 is 40.8 Å². The molecule has 2 rings (SSSR count). The normalized spacial score (nSPS) is 9.96. The molecule has 0 radical (unpaired) electrons. The van der Waals surface area contributed by atoms with Gasteiger partial charge in [-0.05, 0) is 36.4 Å². The van der Waals surface area contributed by atoms with Crippen molar-refractivity contribution in [2.75, 3.05) is 17.2 Å². The summed E-state index contributed by atoms with van der Waals surface area (Å²) < 4.78 is 4.84. The van der Waals surface area contributed by atoms with Crippen molar-refractivity contribution in [2.24, 2.45) is 0 Å². The Kier molecular flexibility index (Phi) is 6.98. The highest BCUT2D eigenvalue weighted by Gasteiger charge is 2.11. The zero-order valence-corrected chi connectivity index (χ0v) is 14.1. The number of benzene rings is 2. The van der Waals surface area contributed by atoms with Crippen LogP contribution in [0.1, 0.15) is 12.8 Å². The second-order valence-electron chi connectivity index (χ2n) is 5.13. The first-order chi connectivity index (χ1) is 12.0. The van der Waals surface area contributed by atoms with E-state index in [4.69, 9.17) is 16.3 Å². The average Bonchev–Trinajstić information content (AvgIpc) is 2.61. The Balaban J connectivity index is 1.65. The van der Waals surface area contributed by atoms with Gasteiger partial charge in [0.2, 0.25) is 5.91 Å². The van der Waals surface area contributed by atoms with Crippen LogP contribution in [0.25, 0.3) is 0 Å². The van der Waals surface area contributed by atoms with Crippen LogP contribution in [-0.4, -0.2) is 24.4 Å². The highest BCUT2D eigenvalue weighted by atomic mass is 35.5. The van der Waals surface area contributed by atoms with Gasteiger partial charge in [-0.25, -0.2) is 0 Å². The largest absolute Gasteiger partial charge is 0.456 e. The van der Waals surface area contributed by atoms with E-state index in [0.717, 1.165) is 0 Å². The predicted molar refractivity (Wildman–Crippen MR) is 95.3 cm³/mol. The average molecular weight is 361 g/mol. The van der Waals surface area contributed by atoms with Gasteiger partial charge in [0.05, 0.1) is 6.42 Å². The number of carbonyl (C=O) groups excluding carboxylic acids is 3. The second kappa shape index (κ2) is 9.44. The smallest absolute Gasteiger partial charge is 0.306 e. The van der Waals surface area contributed by atoms with E-state index in [-0.39, 0.29) is 18.7 Å². The van der Waals surface area contributed by atoms with Crippen LogP contribution in [0.15, 0.2) is 54.6 Å². The molecule has 2 amide bonds. The van der Waals surface area contributed by atoms with E-state index in [2.05, 4.69) is 10.6 Å². The van der Waals surface area contributed by atoms with Crippen LogP contribution < -0.4 is 10.6 Å². The Morgan fingerprint density at radius 3 is 2.08 bits per heavy atom. The third-order valence-electron chi connectivity index (χ3n) is 3.11. The number of nitrogens with one attached hydrogen (secondary N) is 2. The Labute approximate surface area is 150 Å². The van der Waals surface area contributed by atoms with Gasteiger partial charge in [0.25, 0.3) is 5.91 Å². The third kappa shape index (κ3) is 7.05. The molecule has 0 unspecified atom stereocenters. The first kappa shape index (κ1) is 18.5. The lowest BCUT2D eigenvalue weighted by molar-refractivity contribution is -0.147. The molecule has 0 saturated carbocycles. The van der Waals surface area contributed by atoms with Crippen molar-refractivity contribution in [1.29, 1.82) is 0 Å². The summed E-state index contributed by atoms with van der Waals surface area (Å²) in [4.78, 5) is 35.0. The third-order valence-corrected chi connectivity index (χ3v) is 3.36. The molecular formula is C18H17ClN2O4. The molecule has 0 aromatic heterocycles. The molecular weight excluding hydrogens is 344 g/mol. The number of carbonyl (C=O) groups is 3. The molecule has 6 nitrogen and oxygen atoms in total. The summed E-state index contributed by atoms with van der Waals surface area (Å²) >= 11 is 5.75. The summed E-state index contributed by atoms with van der Waals surface area (Å²) in [5, 5.41) is 5.78. The minimum atomic E-state index is -0.616. The molecule has 0 bridgehead atoms. The summed E-state index contributed by atoms with van der Waals surface area (Å²) in [6.45, 7) is -0.415. The molecule has 130 valence electrons. The summed E-state index contributed by atoms with van der Waals surface area (Å²) in [7, 11) is 0. The Hall–Kier alpha value is -2.86. The number of ether oxygens (including phenoxy) is 1. The number of anilines is 2. The van der Waals surface area contributed by atoms with Crippen molar-refractivity contribution in [2.45, 2.75) is 12.8 Å². The molecule has 0 aliphatic rings. The van der Waals surface area contributed by atoms with Crippen LogP contribution in [-0.2, 0) is 19.1 Å². The number of para-hydroxylation sites is 1. The zero-order chi connectivity index (χ0) is 18.1. The van der Waals surface area contributed by atoms with E-state index in [1.807, 2.05) is 6.07 Å². The van der Waals surface area contributed by atoms with Gasteiger partial charge in [0.15, 0.2) is 6.61 Å². The second-order valence-corrected chi connectivity index (χ2v) is 5.57. The van der Waals surface area contributed by atoms with Crippen LogP contribution in [0.5, 0.6) is 0 Å². The van der Waals surface area contributed by atoms with E-state index in [0.29, 0.717) is 16.4 Å². The Bertz CT molecular complexity index is 733. The van der Waals surface area contributed by atoms with E-state index in [1.165, 1.54) is 0 Å². The Morgan fingerprint density at radius 1 is 0.800 bits per heavy atom. The topological polar surface area (TPSA) is 84.5 Å². The molecule has 0 spiro atoms. The van der Waals surface area contributed by atoms with Gasteiger partial charge in [0, 0.05) is 22.8 Å². The highest BCUT2D eigenvalue weighted by Crippen LogP contribution is 2.13. The van der Waals surface area contributed by atoms with E-state index in [1.54, 1.807) is 48.5 Å². The number of amides is 2. The number of rotatable bonds is 7. The van der Waals surface area contributed by atoms with Gasteiger partial charge in [-0.1, -0.05) is 29.8 Å². The summed E-state index contributed by atoms with van der Waals surface area (Å²) in [5.74, 6) is -1.38. The molecule has 0 saturated heterocycles. The van der Waals surface area contributed by atoms with Crippen molar-refractivity contribution < 1.29 is 19.1 Å². The van der Waals surface area contributed by atoms with E-state index < -0.39 is 18.5 Å². The van der Waals surface area contributed by atoms with Crippen LogP contribution in [0.4, 0.5) is 11.4 Å². The van der Waals surface area contributed by atoms with Gasteiger partial charge in [-0.15, -0.1) is 0 Å². The molecule has 0 aliphatic carbocycles. The lowest BCUT2D eigenvalue weighted by atomic mass is 10.2. The molecule has 7 heteroatoms. The maximum absolute atomic E-state index is 11.7. The summed E-state index contributed by atoms with van der Waals surface area (Å²) in [6.07, 6.45) is -0.126. The van der Waals surface area contributed by atoms with Crippen LogP contribution >= 0.6 is 11.6 Å². The number of esters is 1. The zero-order valence-electron chi connectivity index (χ0n) is 13.3. The van der Waals surface area contributed by atoms with Crippen molar-refractivity contribution in [1.82, 2.24) is 0 Å².